The van der Waals surface area contributed by atoms with Crippen LogP contribution >= 0.6 is 0 Å². The molecule has 0 aromatic heterocycles. The van der Waals surface area contributed by atoms with E-state index in [2.05, 4.69) is 36.2 Å². The van der Waals surface area contributed by atoms with E-state index in [9.17, 15) is 9.90 Å². The largest absolute Gasteiger partial charge is 0.507 e. The number of benzene rings is 1. The zero-order chi connectivity index (χ0) is 16.4. The van der Waals surface area contributed by atoms with Gasteiger partial charge in [-0.3, -0.25) is 4.79 Å². The number of unbranched alkanes of at least 4 members (excludes halogenated alkanes) is 2. The molecule has 2 N–H and O–H groups in total. The maximum atomic E-state index is 11.5. The van der Waals surface area contributed by atoms with Crippen molar-refractivity contribution in [2.45, 2.75) is 46.5 Å². The molecule has 1 aromatic carbocycles. The van der Waals surface area contributed by atoms with Gasteiger partial charge in [-0.05, 0) is 32.4 Å². The summed E-state index contributed by atoms with van der Waals surface area (Å²) in [7, 11) is 0. The fourth-order valence-electron chi connectivity index (χ4n) is 2.19. The van der Waals surface area contributed by atoms with Crippen molar-refractivity contribution in [2.24, 2.45) is 5.10 Å². The van der Waals surface area contributed by atoms with Gasteiger partial charge in [0.25, 0.3) is 0 Å². The summed E-state index contributed by atoms with van der Waals surface area (Å²) < 4.78 is 0. The summed E-state index contributed by atoms with van der Waals surface area (Å²) in [4.78, 5) is 13.7. The average molecular weight is 305 g/mol. The van der Waals surface area contributed by atoms with Crippen molar-refractivity contribution in [3.8, 4) is 5.75 Å². The standard InChI is InChI=1S/C17H27N3O2/c1-4-7-8-9-17(22)19-18-13-14-10-11-15(12-16(14)21)20(5-2)6-3/h10-13,21H,4-9H2,1-3H3,(H,19,22)/b18-13+. The zero-order valence-electron chi connectivity index (χ0n) is 13.8. The van der Waals surface area contributed by atoms with E-state index in [1.165, 1.54) is 6.21 Å². The number of amides is 1. The molecule has 1 rings (SSSR count). The number of phenols is 1. The molecule has 0 saturated carbocycles. The lowest BCUT2D eigenvalue weighted by molar-refractivity contribution is -0.121. The molecule has 22 heavy (non-hydrogen) atoms. The van der Waals surface area contributed by atoms with Crippen LogP contribution in [-0.2, 0) is 4.79 Å². The number of hydrogen-bond acceptors (Lipinski definition) is 4. The van der Waals surface area contributed by atoms with Gasteiger partial charge >= 0.3 is 0 Å². The van der Waals surface area contributed by atoms with Crippen LogP contribution in [0.15, 0.2) is 23.3 Å². The van der Waals surface area contributed by atoms with Gasteiger partial charge in [-0.1, -0.05) is 19.8 Å². The molecule has 0 aliphatic carbocycles. The van der Waals surface area contributed by atoms with Gasteiger partial charge < -0.3 is 10.0 Å². The quantitative estimate of drug-likeness (QED) is 0.418. The van der Waals surface area contributed by atoms with E-state index in [1.54, 1.807) is 12.1 Å². The van der Waals surface area contributed by atoms with Gasteiger partial charge in [-0.2, -0.15) is 5.10 Å². The highest BCUT2D eigenvalue weighted by molar-refractivity contribution is 5.86. The van der Waals surface area contributed by atoms with E-state index in [0.717, 1.165) is 38.0 Å². The lowest BCUT2D eigenvalue weighted by Gasteiger charge is -2.21. The zero-order valence-corrected chi connectivity index (χ0v) is 13.8. The molecule has 0 atom stereocenters. The van der Waals surface area contributed by atoms with E-state index in [1.807, 2.05) is 6.07 Å². The number of nitrogens with zero attached hydrogens (tertiary/aromatic N) is 2. The number of hydrazone groups is 1. The number of hydrogen-bond donors (Lipinski definition) is 2. The van der Waals surface area contributed by atoms with Gasteiger partial charge in [0.15, 0.2) is 0 Å². The summed E-state index contributed by atoms with van der Waals surface area (Å²) in [5, 5.41) is 13.9. The predicted octanol–water partition coefficient (Wildman–Crippen LogP) is 3.27. The van der Waals surface area contributed by atoms with Crippen LogP contribution in [0.2, 0.25) is 0 Å². The maximum absolute atomic E-state index is 11.5. The lowest BCUT2D eigenvalue weighted by atomic mass is 10.2. The number of aromatic hydroxyl groups is 1. The third kappa shape index (κ3) is 5.76. The van der Waals surface area contributed by atoms with Crippen molar-refractivity contribution in [3.05, 3.63) is 23.8 Å². The Labute approximate surface area is 133 Å². The van der Waals surface area contributed by atoms with Crippen molar-refractivity contribution in [3.63, 3.8) is 0 Å². The van der Waals surface area contributed by atoms with Crippen LogP contribution in [0.25, 0.3) is 0 Å². The molecule has 0 bridgehead atoms. The van der Waals surface area contributed by atoms with Crippen molar-refractivity contribution in [1.29, 1.82) is 0 Å². The fraction of sp³-hybridized carbons (Fsp3) is 0.529. The van der Waals surface area contributed by atoms with Crippen molar-refractivity contribution >= 4 is 17.8 Å². The van der Waals surface area contributed by atoms with E-state index in [4.69, 9.17) is 0 Å². The molecule has 1 aromatic rings. The van der Waals surface area contributed by atoms with Crippen molar-refractivity contribution in [1.82, 2.24) is 5.43 Å². The third-order valence-electron chi connectivity index (χ3n) is 3.54. The van der Waals surface area contributed by atoms with Crippen LogP contribution in [0.1, 0.15) is 52.0 Å². The predicted molar refractivity (Wildman–Crippen MR) is 91.5 cm³/mol. The topological polar surface area (TPSA) is 64.9 Å². The van der Waals surface area contributed by atoms with Gasteiger partial charge in [0, 0.05) is 36.8 Å². The van der Waals surface area contributed by atoms with Gasteiger partial charge in [0.2, 0.25) is 5.91 Å². The Morgan fingerprint density at radius 3 is 2.59 bits per heavy atom. The second kappa shape index (κ2) is 9.82. The van der Waals surface area contributed by atoms with Crippen LogP contribution in [-0.4, -0.2) is 30.3 Å². The minimum Gasteiger partial charge on any atom is -0.507 e. The second-order valence-corrected chi connectivity index (χ2v) is 5.17. The second-order valence-electron chi connectivity index (χ2n) is 5.17. The molecule has 0 radical (unpaired) electrons. The Kier molecular flexibility index (Phi) is 8.04. The molecule has 5 heteroatoms. The molecule has 0 unspecified atom stereocenters. The minimum atomic E-state index is -0.0936. The Hall–Kier alpha value is -2.04. The smallest absolute Gasteiger partial charge is 0.240 e. The maximum Gasteiger partial charge on any atom is 0.240 e. The van der Waals surface area contributed by atoms with Crippen LogP contribution in [0.4, 0.5) is 5.69 Å². The Morgan fingerprint density at radius 1 is 1.27 bits per heavy atom. The van der Waals surface area contributed by atoms with Gasteiger partial charge in [0.05, 0.1) is 6.21 Å². The number of nitrogens with one attached hydrogen (secondary N) is 1. The highest BCUT2D eigenvalue weighted by atomic mass is 16.3. The average Bonchev–Trinajstić information content (AvgIpc) is 2.51. The summed E-state index contributed by atoms with van der Waals surface area (Å²) in [6, 6.07) is 5.46. The number of phenolic OH excluding ortho intramolecular Hbond substituents is 1. The lowest BCUT2D eigenvalue weighted by Crippen LogP contribution is -2.21. The molecule has 0 aliphatic rings. The molecule has 0 fully saturated rings. The van der Waals surface area contributed by atoms with Gasteiger partial charge in [-0.15, -0.1) is 0 Å². The fourth-order valence-corrected chi connectivity index (χ4v) is 2.19. The number of rotatable bonds is 9. The summed E-state index contributed by atoms with van der Waals surface area (Å²) in [5.41, 5.74) is 4.05. The van der Waals surface area contributed by atoms with E-state index in [0.29, 0.717) is 12.0 Å². The molecule has 1 amide bonds. The molecule has 0 saturated heterocycles. The highest BCUT2D eigenvalue weighted by Crippen LogP contribution is 2.23. The summed E-state index contributed by atoms with van der Waals surface area (Å²) in [5.74, 6) is 0.0670. The normalized spacial score (nSPS) is 10.9. The van der Waals surface area contributed by atoms with Crippen LogP contribution < -0.4 is 10.3 Å². The first kappa shape index (κ1) is 18.0. The van der Waals surface area contributed by atoms with Crippen LogP contribution in [0.5, 0.6) is 5.75 Å². The van der Waals surface area contributed by atoms with E-state index < -0.39 is 0 Å². The number of anilines is 1. The molecule has 0 heterocycles. The highest BCUT2D eigenvalue weighted by Gasteiger charge is 2.05. The Balaban J connectivity index is 2.59. The molecule has 0 spiro atoms. The Bertz CT molecular complexity index is 497. The summed E-state index contributed by atoms with van der Waals surface area (Å²) >= 11 is 0. The first-order valence-corrected chi connectivity index (χ1v) is 8.02. The monoisotopic (exact) mass is 305 g/mol. The molecular weight excluding hydrogens is 278 g/mol. The summed E-state index contributed by atoms with van der Waals surface area (Å²) in [6.45, 7) is 8.02. The molecular formula is C17H27N3O2. The van der Waals surface area contributed by atoms with Crippen LogP contribution in [0.3, 0.4) is 0 Å². The van der Waals surface area contributed by atoms with Crippen molar-refractivity contribution < 1.29 is 9.90 Å². The summed E-state index contributed by atoms with van der Waals surface area (Å²) in [6.07, 6.45) is 4.97. The van der Waals surface area contributed by atoms with Gasteiger partial charge in [-0.25, -0.2) is 5.43 Å². The first-order chi connectivity index (χ1) is 10.6. The minimum absolute atomic E-state index is 0.0936. The molecule has 0 aliphatic heterocycles. The van der Waals surface area contributed by atoms with Crippen molar-refractivity contribution in [2.75, 3.05) is 18.0 Å². The number of carbonyl (C=O) groups excluding carboxylic acids is 1. The first-order valence-electron chi connectivity index (χ1n) is 8.02. The SMILES string of the molecule is CCCCCC(=O)N/N=C/c1ccc(N(CC)CC)cc1O. The number of carbonyl (C=O) groups is 1. The van der Waals surface area contributed by atoms with E-state index >= 15 is 0 Å². The van der Waals surface area contributed by atoms with Crippen LogP contribution in [0, 0.1) is 0 Å². The molecule has 122 valence electrons. The third-order valence-corrected chi connectivity index (χ3v) is 3.54. The molecule has 5 nitrogen and oxygen atoms in total. The van der Waals surface area contributed by atoms with E-state index in [-0.39, 0.29) is 11.7 Å². The van der Waals surface area contributed by atoms with Gasteiger partial charge in [0.1, 0.15) is 5.75 Å². The Morgan fingerprint density at radius 2 is 2.00 bits per heavy atom.